The topological polar surface area (TPSA) is 35.9 Å². The SMILES string of the molecule is CC(C)C[C@@H]1N=C(N2C(=O)N(C)[C@@H](C)[C@H]2c2ccccc2)[C@H]1C. The van der Waals surface area contributed by atoms with Crippen molar-refractivity contribution < 1.29 is 4.79 Å². The van der Waals surface area contributed by atoms with E-state index in [4.69, 9.17) is 4.99 Å². The molecule has 2 heterocycles. The fourth-order valence-electron chi connectivity index (χ4n) is 3.72. The second-order valence-corrected chi connectivity index (χ2v) is 7.33. The monoisotopic (exact) mass is 313 g/mol. The molecule has 2 aliphatic heterocycles. The fraction of sp³-hybridized carbons (Fsp3) is 0.579. The molecule has 2 aliphatic rings. The summed E-state index contributed by atoms with van der Waals surface area (Å²) in [5.74, 6) is 1.95. The molecule has 4 heteroatoms. The van der Waals surface area contributed by atoms with Gasteiger partial charge in [0.15, 0.2) is 0 Å². The Morgan fingerprint density at radius 3 is 2.39 bits per heavy atom. The van der Waals surface area contributed by atoms with Crippen LogP contribution in [0.3, 0.4) is 0 Å². The van der Waals surface area contributed by atoms with Crippen molar-refractivity contribution in [2.24, 2.45) is 16.8 Å². The first-order valence-corrected chi connectivity index (χ1v) is 8.60. The highest BCUT2D eigenvalue weighted by Gasteiger charge is 2.48. The Kier molecular flexibility index (Phi) is 4.17. The molecule has 3 rings (SSSR count). The molecule has 0 N–H and O–H groups in total. The van der Waals surface area contributed by atoms with Crippen molar-refractivity contribution in [1.82, 2.24) is 9.80 Å². The van der Waals surface area contributed by atoms with Gasteiger partial charge in [-0.05, 0) is 24.8 Å². The summed E-state index contributed by atoms with van der Waals surface area (Å²) in [6.45, 7) is 8.77. The van der Waals surface area contributed by atoms with E-state index in [-0.39, 0.29) is 18.1 Å². The maximum Gasteiger partial charge on any atom is 0.326 e. The number of urea groups is 1. The summed E-state index contributed by atoms with van der Waals surface area (Å²) in [5.41, 5.74) is 1.18. The maximum atomic E-state index is 12.8. The van der Waals surface area contributed by atoms with Crippen molar-refractivity contribution in [3.05, 3.63) is 35.9 Å². The summed E-state index contributed by atoms with van der Waals surface area (Å²) in [6, 6.07) is 10.9. The van der Waals surface area contributed by atoms with Crippen molar-refractivity contribution >= 4 is 11.9 Å². The normalized spacial score (nSPS) is 30.7. The Labute approximate surface area is 139 Å². The molecule has 4 atom stereocenters. The molecule has 1 saturated heterocycles. The van der Waals surface area contributed by atoms with Crippen molar-refractivity contribution in [2.45, 2.75) is 52.2 Å². The number of hydrogen-bond acceptors (Lipinski definition) is 2. The van der Waals surface area contributed by atoms with E-state index in [1.54, 1.807) is 0 Å². The lowest BCUT2D eigenvalue weighted by molar-refractivity contribution is 0.205. The number of amides is 2. The van der Waals surface area contributed by atoms with Crippen molar-refractivity contribution in [3.8, 4) is 0 Å². The van der Waals surface area contributed by atoms with Crippen LogP contribution in [0.5, 0.6) is 0 Å². The summed E-state index contributed by atoms with van der Waals surface area (Å²) in [7, 11) is 1.89. The van der Waals surface area contributed by atoms with E-state index in [9.17, 15) is 4.79 Å². The standard InChI is InChI=1S/C19H27N3O/c1-12(2)11-16-13(3)18(20-16)22-17(14(4)21(5)19(22)23)15-9-7-6-8-10-15/h6-10,12-14,16-17H,11H2,1-5H3/t13-,14-,16-,17-/m0/s1. The van der Waals surface area contributed by atoms with Crippen LogP contribution in [-0.4, -0.2) is 40.8 Å². The van der Waals surface area contributed by atoms with E-state index in [1.165, 1.54) is 5.56 Å². The van der Waals surface area contributed by atoms with Gasteiger partial charge in [0.25, 0.3) is 0 Å². The molecule has 0 spiro atoms. The molecule has 0 saturated carbocycles. The second kappa shape index (κ2) is 5.99. The lowest BCUT2D eigenvalue weighted by atomic mass is 9.86. The van der Waals surface area contributed by atoms with Crippen LogP contribution >= 0.6 is 0 Å². The molecular weight excluding hydrogens is 286 g/mol. The van der Waals surface area contributed by atoms with Crippen molar-refractivity contribution in [2.75, 3.05) is 7.05 Å². The van der Waals surface area contributed by atoms with Gasteiger partial charge in [0.05, 0.1) is 18.1 Å². The van der Waals surface area contributed by atoms with E-state index in [0.717, 1.165) is 12.3 Å². The molecule has 0 radical (unpaired) electrons. The molecule has 2 amide bonds. The first kappa shape index (κ1) is 16.0. The molecule has 1 aromatic carbocycles. The van der Waals surface area contributed by atoms with Crippen LogP contribution < -0.4 is 0 Å². The lowest BCUT2D eigenvalue weighted by Gasteiger charge is -2.39. The molecule has 0 aromatic heterocycles. The van der Waals surface area contributed by atoms with E-state index in [2.05, 4.69) is 39.8 Å². The summed E-state index contributed by atoms with van der Waals surface area (Å²) in [5, 5.41) is 0. The van der Waals surface area contributed by atoms with Gasteiger partial charge in [-0.2, -0.15) is 0 Å². The summed E-state index contributed by atoms with van der Waals surface area (Å²) < 4.78 is 0. The zero-order valence-electron chi connectivity index (χ0n) is 14.7. The average molecular weight is 313 g/mol. The number of carbonyl (C=O) groups is 1. The largest absolute Gasteiger partial charge is 0.326 e. The average Bonchev–Trinajstić information content (AvgIpc) is 2.75. The van der Waals surface area contributed by atoms with Crippen LogP contribution in [0.15, 0.2) is 35.3 Å². The van der Waals surface area contributed by atoms with Gasteiger partial charge in [0, 0.05) is 13.0 Å². The number of amidine groups is 1. The minimum atomic E-state index is 0.0508. The minimum absolute atomic E-state index is 0.0508. The second-order valence-electron chi connectivity index (χ2n) is 7.33. The molecule has 0 aliphatic carbocycles. The van der Waals surface area contributed by atoms with Gasteiger partial charge >= 0.3 is 6.03 Å². The Balaban J connectivity index is 1.92. The lowest BCUT2D eigenvalue weighted by Crippen LogP contribution is -2.49. The third kappa shape index (κ3) is 2.64. The number of likely N-dealkylation sites (N-methyl/N-ethyl adjacent to an activating group) is 1. The fourth-order valence-corrected chi connectivity index (χ4v) is 3.72. The number of aliphatic imine (C=N–C) groups is 1. The summed E-state index contributed by atoms with van der Waals surface area (Å²) >= 11 is 0. The van der Waals surface area contributed by atoms with Crippen molar-refractivity contribution in [1.29, 1.82) is 0 Å². The highest BCUT2D eigenvalue weighted by atomic mass is 16.2. The number of nitrogens with zero attached hydrogens (tertiary/aromatic N) is 3. The van der Waals surface area contributed by atoms with Gasteiger partial charge in [-0.25, -0.2) is 4.79 Å². The minimum Gasteiger partial charge on any atom is -0.322 e. The number of carbonyl (C=O) groups excluding carboxylic acids is 1. The highest BCUT2D eigenvalue weighted by molar-refractivity contribution is 6.03. The van der Waals surface area contributed by atoms with Crippen molar-refractivity contribution in [3.63, 3.8) is 0 Å². The molecule has 1 aromatic rings. The van der Waals surface area contributed by atoms with Gasteiger partial charge in [-0.3, -0.25) is 9.89 Å². The maximum absolute atomic E-state index is 12.8. The predicted molar refractivity (Wildman–Crippen MR) is 93.5 cm³/mol. The first-order valence-electron chi connectivity index (χ1n) is 8.60. The highest BCUT2D eigenvalue weighted by Crippen LogP contribution is 2.39. The number of benzene rings is 1. The van der Waals surface area contributed by atoms with E-state index in [0.29, 0.717) is 17.9 Å². The zero-order valence-corrected chi connectivity index (χ0v) is 14.7. The van der Waals surface area contributed by atoms with E-state index >= 15 is 0 Å². The van der Waals surface area contributed by atoms with Gasteiger partial charge < -0.3 is 4.90 Å². The van der Waals surface area contributed by atoms with Crippen LogP contribution in [0, 0.1) is 11.8 Å². The van der Waals surface area contributed by atoms with E-state index < -0.39 is 0 Å². The van der Waals surface area contributed by atoms with E-state index in [1.807, 2.05) is 35.0 Å². The zero-order chi connectivity index (χ0) is 16.7. The number of hydrogen-bond donors (Lipinski definition) is 0. The van der Waals surface area contributed by atoms with Gasteiger partial charge in [-0.15, -0.1) is 0 Å². The third-order valence-electron chi connectivity index (χ3n) is 5.24. The van der Waals surface area contributed by atoms with Crippen LogP contribution in [-0.2, 0) is 0 Å². The molecular formula is C19H27N3O. The molecule has 124 valence electrons. The molecule has 0 unspecified atom stereocenters. The van der Waals surface area contributed by atoms with Gasteiger partial charge in [0.1, 0.15) is 5.84 Å². The van der Waals surface area contributed by atoms with Gasteiger partial charge in [-0.1, -0.05) is 51.1 Å². The Hall–Kier alpha value is -1.84. The summed E-state index contributed by atoms with van der Waals surface area (Å²) in [4.78, 5) is 21.4. The van der Waals surface area contributed by atoms with Crippen LogP contribution in [0.4, 0.5) is 4.79 Å². The predicted octanol–water partition coefficient (Wildman–Crippen LogP) is 3.95. The third-order valence-corrected chi connectivity index (χ3v) is 5.24. The smallest absolute Gasteiger partial charge is 0.322 e. The molecule has 1 fully saturated rings. The van der Waals surface area contributed by atoms with Crippen LogP contribution in [0.25, 0.3) is 0 Å². The number of rotatable bonds is 3. The Bertz CT molecular complexity index is 610. The van der Waals surface area contributed by atoms with Gasteiger partial charge in [0.2, 0.25) is 0 Å². The Morgan fingerprint density at radius 2 is 1.83 bits per heavy atom. The first-order chi connectivity index (χ1) is 10.9. The summed E-state index contributed by atoms with van der Waals surface area (Å²) in [6.07, 6.45) is 1.09. The van der Waals surface area contributed by atoms with Crippen LogP contribution in [0.2, 0.25) is 0 Å². The molecule has 23 heavy (non-hydrogen) atoms. The molecule has 4 nitrogen and oxygen atoms in total. The van der Waals surface area contributed by atoms with Crippen LogP contribution in [0.1, 0.15) is 45.7 Å². The molecule has 0 bridgehead atoms. The Morgan fingerprint density at radius 1 is 1.17 bits per heavy atom. The quantitative estimate of drug-likeness (QED) is 0.832.